The molecule has 2 heterocycles. The Bertz CT molecular complexity index is 1620. The van der Waals surface area contributed by atoms with Crippen LogP contribution in [0.15, 0.2) is 54.0 Å². The summed E-state index contributed by atoms with van der Waals surface area (Å²) < 4.78 is 48.2. The minimum absolute atomic E-state index is 0.00457. The molecular weight excluding hydrogens is 551 g/mol. The highest BCUT2D eigenvalue weighted by molar-refractivity contribution is 5.71. The van der Waals surface area contributed by atoms with Crippen molar-refractivity contribution < 1.29 is 17.9 Å². The zero-order valence-electron chi connectivity index (χ0n) is 25.0. The van der Waals surface area contributed by atoms with Gasteiger partial charge in [0.05, 0.1) is 5.56 Å². The number of ether oxygens (including phenoxy) is 1. The van der Waals surface area contributed by atoms with E-state index in [2.05, 4.69) is 54.3 Å². The van der Waals surface area contributed by atoms with Crippen LogP contribution >= 0.6 is 0 Å². The summed E-state index contributed by atoms with van der Waals surface area (Å²) >= 11 is 0. The average molecular weight is 588 g/mol. The fourth-order valence-corrected chi connectivity index (χ4v) is 5.95. The summed E-state index contributed by atoms with van der Waals surface area (Å²) in [6, 6.07) is 9.89. The maximum atomic E-state index is 14.0. The van der Waals surface area contributed by atoms with Crippen molar-refractivity contribution in [2.75, 3.05) is 16.8 Å². The first-order valence-electron chi connectivity index (χ1n) is 14.8. The van der Waals surface area contributed by atoms with Crippen LogP contribution in [-0.4, -0.2) is 16.5 Å². The molecule has 224 valence electrons. The number of anilines is 3. The molecule has 2 aliphatic rings. The Balaban J connectivity index is 1.51. The largest absolute Gasteiger partial charge is 0.437 e. The van der Waals surface area contributed by atoms with Crippen molar-refractivity contribution in [2.45, 2.75) is 72.4 Å². The third-order valence-electron chi connectivity index (χ3n) is 8.16. The second-order valence-corrected chi connectivity index (χ2v) is 11.4. The fourth-order valence-electron chi connectivity index (χ4n) is 5.95. The third-order valence-corrected chi connectivity index (χ3v) is 8.16. The van der Waals surface area contributed by atoms with Crippen LogP contribution in [0.25, 0.3) is 6.08 Å². The number of allylic oxidation sites excluding steroid dienone is 2. The van der Waals surface area contributed by atoms with E-state index in [1.807, 2.05) is 24.1 Å². The summed E-state index contributed by atoms with van der Waals surface area (Å²) in [6.45, 7) is 8.89. The lowest BCUT2D eigenvalue weighted by molar-refractivity contribution is -0.137. The van der Waals surface area contributed by atoms with Crippen molar-refractivity contribution in [3.63, 3.8) is 0 Å². The molecule has 0 saturated carbocycles. The van der Waals surface area contributed by atoms with Gasteiger partial charge >= 0.3 is 6.18 Å². The molecule has 1 unspecified atom stereocenters. The summed E-state index contributed by atoms with van der Waals surface area (Å²) in [5, 5.41) is 13.1. The second-order valence-electron chi connectivity index (χ2n) is 11.4. The minimum Gasteiger partial charge on any atom is -0.437 e. The monoisotopic (exact) mass is 587 g/mol. The smallest absolute Gasteiger partial charge is 0.416 e. The van der Waals surface area contributed by atoms with E-state index in [9.17, 15) is 18.4 Å². The molecule has 1 aliphatic heterocycles. The lowest BCUT2D eigenvalue weighted by Crippen LogP contribution is -2.29. The summed E-state index contributed by atoms with van der Waals surface area (Å²) in [6.07, 6.45) is 6.48. The molecule has 0 fully saturated rings. The Labute approximate surface area is 250 Å². The van der Waals surface area contributed by atoms with Crippen LogP contribution in [0.4, 0.5) is 30.4 Å². The number of rotatable bonds is 7. The first-order chi connectivity index (χ1) is 20.6. The minimum atomic E-state index is -4.56. The van der Waals surface area contributed by atoms with E-state index in [1.165, 1.54) is 17.5 Å². The Hall–Kier alpha value is -4.32. The van der Waals surface area contributed by atoms with Gasteiger partial charge in [0, 0.05) is 29.7 Å². The number of benzene rings is 2. The van der Waals surface area contributed by atoms with Gasteiger partial charge in [0.15, 0.2) is 11.4 Å². The van der Waals surface area contributed by atoms with Crippen LogP contribution in [0.3, 0.4) is 0 Å². The Kier molecular flexibility index (Phi) is 8.77. The van der Waals surface area contributed by atoms with Crippen LogP contribution < -0.4 is 15.0 Å². The van der Waals surface area contributed by atoms with Gasteiger partial charge in [-0.1, -0.05) is 43.6 Å². The van der Waals surface area contributed by atoms with Gasteiger partial charge in [-0.05, 0) is 87.3 Å². The maximum absolute atomic E-state index is 14.0. The number of aromatic nitrogens is 2. The van der Waals surface area contributed by atoms with Gasteiger partial charge < -0.3 is 15.0 Å². The highest BCUT2D eigenvalue weighted by Crippen LogP contribution is 2.39. The molecule has 0 saturated heterocycles. The zero-order chi connectivity index (χ0) is 30.7. The predicted molar refractivity (Wildman–Crippen MR) is 163 cm³/mol. The van der Waals surface area contributed by atoms with Gasteiger partial charge in [0.1, 0.15) is 18.1 Å². The molecule has 43 heavy (non-hydrogen) atoms. The van der Waals surface area contributed by atoms with Gasteiger partial charge in [-0.2, -0.15) is 18.4 Å². The highest BCUT2D eigenvalue weighted by Gasteiger charge is 2.32. The standard InChI is InChI=1S/C34H36F3N5O/c1-5-23-12-22(4)18-42(19-23)27-15-25(34(35,36)37)14-26(16-27)41-32-30(17-38)33(40-20-39-32)43-31-11-10-24-9-7-8-21(3)13-29(24)28(31)6-2/h10-11,13-16,18,20,23H,5-9,12,19H2,1-4H3,(H,39,40,41). The van der Waals surface area contributed by atoms with Gasteiger partial charge in [-0.25, -0.2) is 9.97 Å². The van der Waals surface area contributed by atoms with Gasteiger partial charge in [0.25, 0.3) is 0 Å². The van der Waals surface area contributed by atoms with E-state index in [0.29, 0.717) is 23.9 Å². The molecule has 6 nitrogen and oxygen atoms in total. The van der Waals surface area contributed by atoms with E-state index >= 15 is 0 Å². The van der Waals surface area contributed by atoms with E-state index in [4.69, 9.17) is 4.74 Å². The summed E-state index contributed by atoms with van der Waals surface area (Å²) in [7, 11) is 0. The maximum Gasteiger partial charge on any atom is 0.416 e. The Morgan fingerprint density at radius 2 is 1.91 bits per heavy atom. The molecular formula is C34H36F3N5O. The number of nitrogens with zero attached hydrogens (tertiary/aromatic N) is 4. The topological polar surface area (TPSA) is 74.1 Å². The van der Waals surface area contributed by atoms with Gasteiger partial charge in [0.2, 0.25) is 5.88 Å². The Morgan fingerprint density at radius 1 is 1.09 bits per heavy atom. The van der Waals surface area contributed by atoms with Crippen molar-refractivity contribution in [3.8, 4) is 17.7 Å². The molecule has 5 rings (SSSR count). The van der Waals surface area contributed by atoms with Crippen molar-refractivity contribution in [2.24, 2.45) is 5.92 Å². The molecule has 0 spiro atoms. The number of alkyl halides is 3. The fraction of sp³-hybridized carbons (Fsp3) is 0.382. The number of aryl methyl sites for hydroxylation is 1. The van der Waals surface area contributed by atoms with Crippen LogP contribution in [0.1, 0.15) is 81.2 Å². The SMILES string of the molecule is CCc1c(Oc2ncnc(Nc3cc(N4C=C(C)CC(CC)C4)cc(C(F)(F)F)c3)c2C#N)ccc2c1C=C(C)CCC2. The number of fused-ring (bicyclic) bond motifs is 1. The van der Waals surface area contributed by atoms with Crippen molar-refractivity contribution in [1.82, 2.24) is 9.97 Å². The molecule has 0 bridgehead atoms. The molecule has 1 aromatic heterocycles. The van der Waals surface area contributed by atoms with E-state index < -0.39 is 11.7 Å². The third kappa shape index (κ3) is 6.69. The summed E-state index contributed by atoms with van der Waals surface area (Å²) in [5.74, 6) is 1.05. The van der Waals surface area contributed by atoms with Crippen LogP contribution in [0, 0.1) is 17.2 Å². The Morgan fingerprint density at radius 3 is 2.63 bits per heavy atom. The van der Waals surface area contributed by atoms with Crippen molar-refractivity contribution in [1.29, 1.82) is 5.26 Å². The molecule has 9 heteroatoms. The van der Waals surface area contributed by atoms with Gasteiger partial charge in [-0.3, -0.25) is 0 Å². The molecule has 0 amide bonds. The van der Waals surface area contributed by atoms with E-state index in [-0.39, 0.29) is 22.9 Å². The molecule has 1 N–H and O–H groups in total. The normalized spacial score (nSPS) is 16.9. The quantitative estimate of drug-likeness (QED) is 0.297. The van der Waals surface area contributed by atoms with Crippen LogP contribution in [0.5, 0.6) is 11.6 Å². The summed E-state index contributed by atoms with van der Waals surface area (Å²) in [5.41, 5.74) is 5.64. The molecule has 2 aromatic carbocycles. The van der Waals surface area contributed by atoms with Crippen LogP contribution in [-0.2, 0) is 19.0 Å². The molecule has 3 aromatic rings. The first-order valence-corrected chi connectivity index (χ1v) is 14.8. The first kappa shape index (κ1) is 30.1. The number of halogens is 3. The van der Waals surface area contributed by atoms with E-state index in [0.717, 1.165) is 67.4 Å². The van der Waals surface area contributed by atoms with Crippen molar-refractivity contribution in [3.05, 3.63) is 81.8 Å². The molecule has 0 radical (unpaired) electrons. The summed E-state index contributed by atoms with van der Waals surface area (Å²) in [4.78, 5) is 10.3. The number of hydrogen-bond acceptors (Lipinski definition) is 6. The van der Waals surface area contributed by atoms with Crippen molar-refractivity contribution >= 4 is 23.3 Å². The molecule has 1 atom stereocenters. The number of nitriles is 1. The number of hydrogen-bond donors (Lipinski definition) is 1. The molecule has 1 aliphatic carbocycles. The van der Waals surface area contributed by atoms with Gasteiger partial charge in [-0.15, -0.1) is 0 Å². The lowest BCUT2D eigenvalue weighted by atomic mass is 9.94. The highest BCUT2D eigenvalue weighted by atomic mass is 19.4. The van der Waals surface area contributed by atoms with E-state index in [1.54, 1.807) is 6.07 Å². The zero-order valence-corrected chi connectivity index (χ0v) is 25.0. The average Bonchev–Trinajstić information content (AvgIpc) is 3.17. The second kappa shape index (κ2) is 12.5. The predicted octanol–water partition coefficient (Wildman–Crippen LogP) is 9.35. The number of nitrogens with one attached hydrogen (secondary N) is 1. The van der Waals surface area contributed by atoms with Crippen LogP contribution in [0.2, 0.25) is 0 Å². The lowest BCUT2D eigenvalue weighted by Gasteiger charge is -2.32.